The number of aliphatic hydroxyl groups excluding tert-OH is 1. The van der Waals surface area contributed by atoms with Gasteiger partial charge >= 0.3 is 11.8 Å². The van der Waals surface area contributed by atoms with Gasteiger partial charge in [-0.15, -0.1) is 0 Å². The van der Waals surface area contributed by atoms with Crippen molar-refractivity contribution in [2.45, 2.75) is 39.3 Å². The van der Waals surface area contributed by atoms with Gasteiger partial charge in [-0.1, -0.05) is 6.07 Å². The molecule has 2 rings (SSSR count). The number of nitrogens with one attached hydrogen (secondary N) is 2. The third-order valence-corrected chi connectivity index (χ3v) is 3.75. The first-order valence-electron chi connectivity index (χ1n) is 7.86. The normalized spacial score (nSPS) is 12.1. The van der Waals surface area contributed by atoms with E-state index in [2.05, 4.69) is 15.2 Å². The molecule has 1 aromatic heterocycles. The standard InChI is InChI=1S/C17H23N3O3/c1-3-20-9-8-13-6-7-14(11-15(13)20)19-17(23)16(22)18-12(2)5-4-10-21/h6-9,11-12,21H,3-5,10H2,1-2H3,(H,18,22)(H,19,23). The molecule has 0 saturated heterocycles. The summed E-state index contributed by atoms with van der Waals surface area (Å²) >= 11 is 0. The van der Waals surface area contributed by atoms with E-state index in [1.54, 1.807) is 13.0 Å². The molecule has 0 saturated carbocycles. The number of hydrogen-bond donors (Lipinski definition) is 3. The Bertz CT molecular complexity index is 693. The van der Waals surface area contributed by atoms with Crippen LogP contribution in [0.3, 0.4) is 0 Å². The highest BCUT2D eigenvalue weighted by Crippen LogP contribution is 2.20. The van der Waals surface area contributed by atoms with E-state index < -0.39 is 11.8 Å². The monoisotopic (exact) mass is 317 g/mol. The number of fused-ring (bicyclic) bond motifs is 1. The third-order valence-electron chi connectivity index (χ3n) is 3.75. The topological polar surface area (TPSA) is 83.4 Å². The first-order chi connectivity index (χ1) is 11.0. The highest BCUT2D eigenvalue weighted by Gasteiger charge is 2.16. The molecule has 1 unspecified atom stereocenters. The van der Waals surface area contributed by atoms with E-state index in [9.17, 15) is 9.59 Å². The predicted molar refractivity (Wildman–Crippen MR) is 90.2 cm³/mol. The Kier molecular flexibility index (Phi) is 5.76. The van der Waals surface area contributed by atoms with Crippen LogP contribution in [0.15, 0.2) is 30.5 Å². The van der Waals surface area contributed by atoms with Crippen molar-refractivity contribution in [1.29, 1.82) is 0 Å². The predicted octanol–water partition coefficient (Wildman–Crippen LogP) is 1.88. The van der Waals surface area contributed by atoms with E-state index in [1.807, 2.05) is 31.3 Å². The third kappa shape index (κ3) is 4.32. The van der Waals surface area contributed by atoms with Crippen LogP contribution in [-0.4, -0.2) is 34.1 Å². The summed E-state index contributed by atoms with van der Waals surface area (Å²) in [5.41, 5.74) is 1.61. The van der Waals surface area contributed by atoms with Gasteiger partial charge in [-0.25, -0.2) is 0 Å². The summed E-state index contributed by atoms with van der Waals surface area (Å²) in [6.07, 6.45) is 3.21. The average molecular weight is 317 g/mol. The van der Waals surface area contributed by atoms with Crippen molar-refractivity contribution in [3.63, 3.8) is 0 Å². The van der Waals surface area contributed by atoms with Crippen molar-refractivity contribution < 1.29 is 14.7 Å². The number of amides is 2. The molecule has 6 nitrogen and oxygen atoms in total. The molecule has 2 amide bonds. The van der Waals surface area contributed by atoms with Gasteiger partial charge in [0.1, 0.15) is 0 Å². The van der Waals surface area contributed by atoms with E-state index in [4.69, 9.17) is 5.11 Å². The molecule has 2 aromatic rings. The highest BCUT2D eigenvalue weighted by atomic mass is 16.3. The summed E-state index contributed by atoms with van der Waals surface area (Å²) in [4.78, 5) is 23.8. The summed E-state index contributed by atoms with van der Waals surface area (Å²) in [7, 11) is 0. The molecule has 0 aliphatic rings. The summed E-state index contributed by atoms with van der Waals surface area (Å²) in [6.45, 7) is 4.76. The number of aryl methyl sites for hydroxylation is 1. The Hall–Kier alpha value is -2.34. The van der Waals surface area contributed by atoms with Crippen molar-refractivity contribution in [3.05, 3.63) is 30.5 Å². The maximum Gasteiger partial charge on any atom is 0.313 e. The Morgan fingerprint density at radius 3 is 2.74 bits per heavy atom. The second-order valence-corrected chi connectivity index (χ2v) is 5.57. The van der Waals surface area contributed by atoms with Gasteiger partial charge in [-0.3, -0.25) is 9.59 Å². The van der Waals surface area contributed by atoms with Crippen molar-refractivity contribution in [1.82, 2.24) is 9.88 Å². The zero-order valence-electron chi connectivity index (χ0n) is 13.5. The van der Waals surface area contributed by atoms with Gasteiger partial charge in [-0.05, 0) is 50.3 Å². The minimum atomic E-state index is -0.685. The number of aromatic nitrogens is 1. The molecule has 0 spiro atoms. The second kappa shape index (κ2) is 7.78. The van der Waals surface area contributed by atoms with E-state index in [0.717, 1.165) is 17.4 Å². The Morgan fingerprint density at radius 1 is 1.26 bits per heavy atom. The van der Waals surface area contributed by atoms with Crippen molar-refractivity contribution in [3.8, 4) is 0 Å². The van der Waals surface area contributed by atoms with Crippen LogP contribution in [0.1, 0.15) is 26.7 Å². The maximum atomic E-state index is 12.0. The van der Waals surface area contributed by atoms with Gasteiger partial charge in [0.15, 0.2) is 0 Å². The second-order valence-electron chi connectivity index (χ2n) is 5.57. The smallest absolute Gasteiger partial charge is 0.313 e. The summed E-state index contributed by atoms with van der Waals surface area (Å²) in [6, 6.07) is 7.42. The number of benzene rings is 1. The average Bonchev–Trinajstić information content (AvgIpc) is 2.95. The zero-order valence-corrected chi connectivity index (χ0v) is 13.5. The molecule has 124 valence electrons. The zero-order chi connectivity index (χ0) is 16.8. The number of nitrogens with zero attached hydrogens (tertiary/aromatic N) is 1. The highest BCUT2D eigenvalue weighted by molar-refractivity contribution is 6.39. The fourth-order valence-corrected chi connectivity index (χ4v) is 2.48. The van der Waals surface area contributed by atoms with Crippen LogP contribution >= 0.6 is 0 Å². The molecule has 1 heterocycles. The number of carbonyl (C=O) groups excluding carboxylic acids is 2. The van der Waals surface area contributed by atoms with E-state index in [1.165, 1.54) is 0 Å². The molecule has 6 heteroatoms. The molecule has 0 bridgehead atoms. The minimum Gasteiger partial charge on any atom is -0.396 e. The summed E-state index contributed by atoms with van der Waals surface area (Å²) in [5.74, 6) is -1.35. The van der Waals surface area contributed by atoms with Crippen LogP contribution in [0.4, 0.5) is 5.69 Å². The van der Waals surface area contributed by atoms with Crippen LogP contribution in [0.25, 0.3) is 10.9 Å². The number of rotatable bonds is 6. The largest absolute Gasteiger partial charge is 0.396 e. The first-order valence-corrected chi connectivity index (χ1v) is 7.86. The number of carbonyl (C=O) groups is 2. The lowest BCUT2D eigenvalue weighted by molar-refractivity contribution is -0.136. The fourth-order valence-electron chi connectivity index (χ4n) is 2.48. The number of aliphatic hydroxyl groups is 1. The lowest BCUT2D eigenvalue weighted by Crippen LogP contribution is -2.40. The molecular weight excluding hydrogens is 294 g/mol. The minimum absolute atomic E-state index is 0.0729. The quantitative estimate of drug-likeness (QED) is 0.711. The summed E-state index contributed by atoms with van der Waals surface area (Å²) in [5, 5.41) is 15.1. The van der Waals surface area contributed by atoms with Crippen molar-refractivity contribution in [2.24, 2.45) is 0 Å². The SMILES string of the molecule is CCn1ccc2ccc(NC(=O)C(=O)NC(C)CCCO)cc21. The van der Waals surface area contributed by atoms with Gasteiger partial charge in [-0.2, -0.15) is 0 Å². The van der Waals surface area contributed by atoms with E-state index >= 15 is 0 Å². The summed E-state index contributed by atoms with van der Waals surface area (Å²) < 4.78 is 2.07. The molecule has 1 aromatic carbocycles. The van der Waals surface area contributed by atoms with Crippen LogP contribution < -0.4 is 10.6 Å². The Labute approximate surface area is 135 Å². The van der Waals surface area contributed by atoms with Crippen LogP contribution in [-0.2, 0) is 16.1 Å². The van der Waals surface area contributed by atoms with Gasteiger partial charge in [0.25, 0.3) is 0 Å². The lowest BCUT2D eigenvalue weighted by atomic mass is 10.2. The molecule has 3 N–H and O–H groups in total. The molecule has 0 aliphatic carbocycles. The fraction of sp³-hybridized carbons (Fsp3) is 0.412. The van der Waals surface area contributed by atoms with Crippen LogP contribution in [0.2, 0.25) is 0 Å². The number of anilines is 1. The molecule has 23 heavy (non-hydrogen) atoms. The Morgan fingerprint density at radius 2 is 2.04 bits per heavy atom. The number of hydrogen-bond acceptors (Lipinski definition) is 3. The van der Waals surface area contributed by atoms with Gasteiger partial charge < -0.3 is 20.3 Å². The van der Waals surface area contributed by atoms with Gasteiger partial charge in [0.05, 0.1) is 5.52 Å². The molecular formula is C17H23N3O3. The lowest BCUT2D eigenvalue weighted by Gasteiger charge is -2.13. The van der Waals surface area contributed by atoms with Crippen LogP contribution in [0.5, 0.6) is 0 Å². The van der Waals surface area contributed by atoms with Gasteiger partial charge in [0, 0.05) is 31.1 Å². The van der Waals surface area contributed by atoms with Crippen molar-refractivity contribution >= 4 is 28.4 Å². The first kappa shape index (κ1) is 17.0. The molecule has 0 radical (unpaired) electrons. The Balaban J connectivity index is 2.00. The van der Waals surface area contributed by atoms with E-state index in [-0.39, 0.29) is 12.6 Å². The molecule has 0 aliphatic heterocycles. The molecule has 1 atom stereocenters. The maximum absolute atomic E-state index is 12.0. The van der Waals surface area contributed by atoms with Gasteiger partial charge in [0.2, 0.25) is 0 Å². The van der Waals surface area contributed by atoms with E-state index in [0.29, 0.717) is 18.5 Å². The van der Waals surface area contributed by atoms with Crippen LogP contribution in [0, 0.1) is 0 Å². The van der Waals surface area contributed by atoms with Crippen molar-refractivity contribution in [2.75, 3.05) is 11.9 Å². The molecule has 0 fully saturated rings.